The molecule has 2 N–H and O–H groups in total. The van der Waals surface area contributed by atoms with Crippen LogP contribution in [-0.4, -0.2) is 57.5 Å². The van der Waals surface area contributed by atoms with Crippen molar-refractivity contribution in [3.63, 3.8) is 0 Å². The molecule has 1 atom stereocenters. The molecule has 4 aromatic rings. The summed E-state index contributed by atoms with van der Waals surface area (Å²) < 4.78 is 78.7. The first kappa shape index (κ1) is 46.5. The second-order valence-corrected chi connectivity index (χ2v) is 19.0. The van der Waals surface area contributed by atoms with Gasteiger partial charge in [-0.3, -0.25) is 23.7 Å². The molecule has 1 unspecified atom stereocenters. The Morgan fingerprint density at radius 3 is 2.16 bits per heavy atom. The van der Waals surface area contributed by atoms with Crippen molar-refractivity contribution in [1.82, 2.24) is 19.9 Å². The number of carbonyl (C=O) groups is 2. The van der Waals surface area contributed by atoms with Crippen LogP contribution in [0.3, 0.4) is 0 Å². The van der Waals surface area contributed by atoms with E-state index in [1.54, 1.807) is 66.7 Å². The van der Waals surface area contributed by atoms with Gasteiger partial charge >= 0.3 is 26.0 Å². The van der Waals surface area contributed by atoms with Crippen molar-refractivity contribution >= 4 is 47.9 Å². The summed E-state index contributed by atoms with van der Waals surface area (Å²) in [7, 11) is -4.11. The van der Waals surface area contributed by atoms with Crippen molar-refractivity contribution < 1.29 is 45.6 Å². The Morgan fingerprint density at radius 1 is 0.948 bits per heavy atom. The lowest BCUT2D eigenvalue weighted by Crippen LogP contribution is -2.29. The average molecular weight is 852 g/mol. The number of hydrogen-bond acceptors (Lipinski definition) is 11. The molecule has 0 radical (unpaired) electrons. The minimum atomic E-state index is -4.70. The number of pyridine rings is 2. The highest BCUT2D eigenvalue weighted by Crippen LogP contribution is 2.55. The number of esters is 1. The van der Waals surface area contributed by atoms with Crippen LogP contribution in [0, 0.1) is 5.41 Å². The van der Waals surface area contributed by atoms with E-state index in [-0.39, 0.29) is 45.4 Å². The maximum atomic E-state index is 14.3. The Morgan fingerprint density at radius 2 is 1.60 bits per heavy atom. The monoisotopic (exact) mass is 851 g/mol. The van der Waals surface area contributed by atoms with Crippen LogP contribution < -0.4 is 16.1 Å². The second kappa shape index (κ2) is 18.0. The first-order chi connectivity index (χ1) is 26.7. The highest BCUT2D eigenvalue weighted by Gasteiger charge is 2.38. The zero-order valence-electron chi connectivity index (χ0n) is 34.8. The number of alkyl halides is 3. The van der Waals surface area contributed by atoms with Crippen molar-refractivity contribution in [2.75, 3.05) is 25.1 Å². The zero-order chi connectivity index (χ0) is 43.4. The summed E-state index contributed by atoms with van der Waals surface area (Å²) in [5.41, 5.74) is -2.67. The lowest BCUT2D eigenvalue weighted by molar-refractivity contribution is -0.140. The quantitative estimate of drug-likeness (QED) is 0.0710. The molecule has 3 heterocycles. The molecular weight excluding hydrogens is 799 g/mol. The predicted molar refractivity (Wildman–Crippen MR) is 219 cm³/mol. The Bertz CT molecular complexity index is 2200. The lowest BCUT2D eigenvalue weighted by Gasteiger charge is -2.34. The van der Waals surface area contributed by atoms with Gasteiger partial charge in [0.15, 0.2) is 5.69 Å². The van der Waals surface area contributed by atoms with Crippen LogP contribution in [-0.2, 0) is 29.0 Å². The number of hydrogen-bond donors (Lipinski definition) is 2. The number of halogens is 3. The Kier molecular flexibility index (Phi) is 14.4. The molecule has 0 saturated heterocycles. The number of urea groups is 1. The Labute approximate surface area is 340 Å². The first-order valence-corrected chi connectivity index (χ1v) is 21.2. The fourth-order valence-electron chi connectivity index (χ4n) is 6.07. The number of nitrogens with one attached hydrogen (secondary N) is 2. The topological polar surface area (TPSA) is 160 Å². The number of phosphoric acid groups is 1. The van der Waals surface area contributed by atoms with Crippen LogP contribution in [0.5, 0.6) is 0 Å². The van der Waals surface area contributed by atoms with Crippen LogP contribution in [0.25, 0.3) is 32.6 Å². The van der Waals surface area contributed by atoms with Gasteiger partial charge in [-0.2, -0.15) is 13.2 Å². The van der Waals surface area contributed by atoms with Crippen LogP contribution in [0.4, 0.5) is 23.8 Å². The summed E-state index contributed by atoms with van der Waals surface area (Å²) in [6.45, 7) is 19.6. The largest absolute Gasteiger partial charge is 0.475 e. The van der Waals surface area contributed by atoms with E-state index >= 15 is 0 Å². The first-order valence-electron chi connectivity index (χ1n) is 18.9. The number of aromatic nitrogens is 3. The van der Waals surface area contributed by atoms with Crippen molar-refractivity contribution in [3.05, 3.63) is 63.5 Å². The predicted octanol–water partition coefficient (Wildman–Crippen LogP) is 10.6. The molecule has 0 bridgehead atoms. The molecule has 58 heavy (non-hydrogen) atoms. The van der Waals surface area contributed by atoms with E-state index < -0.39 is 54.9 Å². The molecule has 0 aliphatic rings. The lowest BCUT2D eigenvalue weighted by atomic mass is 9.83. The van der Waals surface area contributed by atoms with E-state index in [4.69, 9.17) is 18.3 Å². The molecule has 18 heteroatoms. The molecule has 0 spiro atoms. The summed E-state index contributed by atoms with van der Waals surface area (Å²) in [6, 6.07) is 5.65. The SMILES string of the molecule is CCCC(n1cc(C(=O)OCCOP(=O)(OC(C)(C)C)OC(C)(C)C)c(=O)c2cc(-c3cnc(NC(=O)NCC)cc3-c3nc(C(F)(F)F)cs3)ccc21)C(C)(C)C. The highest BCUT2D eigenvalue weighted by molar-refractivity contribution is 7.48. The number of carbonyl (C=O) groups excluding carboxylic acids is 2. The smallest absolute Gasteiger partial charge is 0.459 e. The number of rotatable bonds is 14. The number of fused-ring (bicyclic) bond motifs is 1. The van der Waals surface area contributed by atoms with Crippen molar-refractivity contribution in [2.24, 2.45) is 5.41 Å². The normalized spacial score (nSPS) is 13.4. The van der Waals surface area contributed by atoms with Crippen molar-refractivity contribution in [2.45, 2.75) is 112 Å². The standard InChI is InChI=1S/C40H53F3N5O8PS/c1-12-14-31(37(3,4)5)48-22-28(35(50)53-17-18-54-57(52,55-38(6,7)8)56-39(9,10)11)33(49)26-19-24(15-16-29(26)48)27-21-45-32(47-36(51)44-13-2)20-25(27)34-46-30(23-58-34)40(41,42)43/h15-16,19-23,31H,12-14,17-18H2,1-11H3,(H2,44,45,47,51). The number of ether oxygens (including phenoxy) is 1. The number of anilines is 1. The van der Waals surface area contributed by atoms with Gasteiger partial charge in [-0.15, -0.1) is 11.3 Å². The van der Waals surface area contributed by atoms with E-state index in [0.717, 1.165) is 23.1 Å². The third kappa shape index (κ3) is 12.2. The van der Waals surface area contributed by atoms with Gasteiger partial charge in [0.1, 0.15) is 23.0 Å². The van der Waals surface area contributed by atoms with Gasteiger partial charge in [-0.25, -0.2) is 24.1 Å². The molecule has 4 rings (SSSR count). The summed E-state index contributed by atoms with van der Waals surface area (Å²) in [5, 5.41) is 6.19. The van der Waals surface area contributed by atoms with E-state index in [9.17, 15) is 32.1 Å². The Hall–Kier alpha value is -4.15. The van der Waals surface area contributed by atoms with Crippen LogP contribution in [0.15, 0.2) is 46.8 Å². The maximum absolute atomic E-state index is 14.3. The summed E-state index contributed by atoms with van der Waals surface area (Å²) >= 11 is 0.762. The molecule has 0 aliphatic heterocycles. The molecular formula is C40H53F3N5O8PS. The fourth-order valence-corrected chi connectivity index (χ4v) is 8.71. The van der Waals surface area contributed by atoms with Gasteiger partial charge in [0.2, 0.25) is 5.43 Å². The molecule has 1 aromatic carbocycles. The highest BCUT2D eigenvalue weighted by atomic mass is 32.1. The number of amides is 2. The summed E-state index contributed by atoms with van der Waals surface area (Å²) in [4.78, 5) is 48.6. The van der Waals surface area contributed by atoms with Gasteiger partial charge < -0.3 is 14.6 Å². The maximum Gasteiger partial charge on any atom is 0.475 e. The third-order valence-corrected chi connectivity index (χ3v) is 11.2. The Balaban J connectivity index is 1.83. The molecule has 318 valence electrons. The van der Waals surface area contributed by atoms with E-state index in [1.807, 2.05) is 11.5 Å². The molecule has 2 amide bonds. The number of phosphoric ester groups is 1. The minimum absolute atomic E-state index is 0.00168. The molecule has 0 fully saturated rings. The van der Waals surface area contributed by atoms with Gasteiger partial charge in [0, 0.05) is 46.9 Å². The minimum Gasteiger partial charge on any atom is -0.459 e. The molecule has 0 saturated carbocycles. The van der Waals surface area contributed by atoms with Crippen LogP contribution >= 0.6 is 19.2 Å². The van der Waals surface area contributed by atoms with Gasteiger partial charge in [0.05, 0.1) is 23.3 Å². The molecule has 13 nitrogen and oxygen atoms in total. The fraction of sp³-hybridized carbons (Fsp3) is 0.525. The van der Waals surface area contributed by atoms with E-state index in [2.05, 4.69) is 41.4 Å². The van der Waals surface area contributed by atoms with Gasteiger partial charge in [-0.1, -0.05) is 40.2 Å². The van der Waals surface area contributed by atoms with E-state index in [1.165, 1.54) is 18.5 Å². The second-order valence-electron chi connectivity index (χ2n) is 16.6. The van der Waals surface area contributed by atoms with Crippen molar-refractivity contribution in [3.8, 4) is 21.7 Å². The van der Waals surface area contributed by atoms with Crippen molar-refractivity contribution in [1.29, 1.82) is 0 Å². The number of thiazole rings is 1. The molecule has 3 aromatic heterocycles. The average Bonchev–Trinajstić information content (AvgIpc) is 3.59. The van der Waals surface area contributed by atoms with Crippen LogP contribution in [0.1, 0.15) is 111 Å². The summed E-state index contributed by atoms with van der Waals surface area (Å²) in [6.07, 6.45) is -0.348. The van der Waals surface area contributed by atoms with Gasteiger partial charge in [0.25, 0.3) is 0 Å². The zero-order valence-corrected chi connectivity index (χ0v) is 36.5. The molecule has 0 aliphatic carbocycles. The number of nitrogens with zero attached hydrogens (tertiary/aromatic N) is 3. The van der Waals surface area contributed by atoms with Gasteiger partial charge in [-0.05, 0) is 84.1 Å². The number of benzene rings is 1. The van der Waals surface area contributed by atoms with E-state index in [0.29, 0.717) is 29.6 Å². The summed E-state index contributed by atoms with van der Waals surface area (Å²) in [5.74, 6) is -0.891. The van der Waals surface area contributed by atoms with Crippen LogP contribution in [0.2, 0.25) is 0 Å². The third-order valence-electron chi connectivity index (χ3n) is 8.31.